The lowest BCUT2D eigenvalue weighted by atomic mass is 10.1. The van der Waals surface area contributed by atoms with E-state index < -0.39 is 14.9 Å². The van der Waals surface area contributed by atoms with Crippen LogP contribution in [-0.2, 0) is 14.8 Å². The Labute approximate surface area is 185 Å². The zero-order valence-corrected chi connectivity index (χ0v) is 18.0. The van der Waals surface area contributed by atoms with Gasteiger partial charge in [0.2, 0.25) is 15.9 Å². The van der Waals surface area contributed by atoms with E-state index in [4.69, 9.17) is 0 Å². The molecule has 0 atom stereocenters. The van der Waals surface area contributed by atoms with Crippen molar-refractivity contribution in [2.45, 2.75) is 4.90 Å². The minimum Gasteiger partial charge on any atom is -0.371 e. The van der Waals surface area contributed by atoms with Crippen LogP contribution in [0.3, 0.4) is 0 Å². The Morgan fingerprint density at radius 2 is 1.59 bits per heavy atom. The number of nitrogens with one attached hydrogen (secondary N) is 1. The summed E-state index contributed by atoms with van der Waals surface area (Å²) in [6.07, 6.45) is 0. The zero-order valence-electron chi connectivity index (χ0n) is 17.2. The quantitative estimate of drug-likeness (QED) is 0.453. The number of rotatable bonds is 6. The van der Waals surface area contributed by atoms with Crippen LogP contribution in [0, 0.1) is 10.1 Å². The van der Waals surface area contributed by atoms with E-state index in [1.165, 1.54) is 10.4 Å². The first-order valence-electron chi connectivity index (χ1n) is 10.1. The van der Waals surface area contributed by atoms with E-state index in [1.807, 2.05) is 24.3 Å². The molecule has 0 radical (unpaired) electrons. The molecule has 9 nitrogen and oxygen atoms in total. The second-order valence-electron chi connectivity index (χ2n) is 7.42. The van der Waals surface area contributed by atoms with Crippen molar-refractivity contribution in [2.24, 2.45) is 0 Å². The molecule has 1 fully saturated rings. The average Bonchev–Trinajstić information content (AvgIpc) is 2.82. The lowest BCUT2D eigenvalue weighted by molar-refractivity contribution is -0.383. The van der Waals surface area contributed by atoms with Gasteiger partial charge in [-0.1, -0.05) is 42.5 Å². The van der Waals surface area contributed by atoms with Gasteiger partial charge in [-0.3, -0.25) is 14.9 Å². The Kier molecular flexibility index (Phi) is 6.06. The number of nitrogens with zero attached hydrogens (tertiary/aromatic N) is 3. The molecule has 10 heteroatoms. The van der Waals surface area contributed by atoms with Gasteiger partial charge in [-0.05, 0) is 29.0 Å². The molecule has 0 bridgehead atoms. The molecule has 3 aromatic carbocycles. The molecule has 0 aliphatic carbocycles. The molecule has 1 amide bonds. The van der Waals surface area contributed by atoms with Crippen LogP contribution in [0.1, 0.15) is 0 Å². The number of sulfonamides is 1. The first-order valence-corrected chi connectivity index (χ1v) is 11.5. The number of anilines is 1. The lowest BCUT2D eigenvalue weighted by Gasteiger charge is -2.34. The molecule has 1 heterocycles. The van der Waals surface area contributed by atoms with E-state index in [0.717, 1.165) is 10.8 Å². The van der Waals surface area contributed by atoms with E-state index in [0.29, 0.717) is 0 Å². The van der Waals surface area contributed by atoms with Crippen LogP contribution < -0.4 is 5.32 Å². The van der Waals surface area contributed by atoms with Gasteiger partial charge >= 0.3 is 0 Å². The van der Waals surface area contributed by atoms with Crippen LogP contribution in [0.15, 0.2) is 71.6 Å². The van der Waals surface area contributed by atoms with Crippen LogP contribution in [0.5, 0.6) is 0 Å². The standard InChI is InChI=1S/C22H22N4O5S/c27-22(16-23-20-7-3-4-8-21(20)26(28)29)24-11-13-25(14-12-24)32(30,31)19-10-9-17-5-1-2-6-18(17)15-19/h1-10,15,23H,11-14,16H2. The van der Waals surface area contributed by atoms with Gasteiger partial charge in [-0.25, -0.2) is 8.42 Å². The fraction of sp³-hybridized carbons (Fsp3) is 0.227. The topological polar surface area (TPSA) is 113 Å². The molecule has 0 unspecified atom stereocenters. The third-order valence-electron chi connectivity index (χ3n) is 5.48. The predicted octanol–water partition coefficient (Wildman–Crippen LogP) is 2.69. The number of nitro benzene ring substituents is 1. The van der Waals surface area contributed by atoms with Crippen LogP contribution in [0.2, 0.25) is 0 Å². The molecular formula is C22H22N4O5S. The van der Waals surface area contributed by atoms with Crippen molar-refractivity contribution in [1.29, 1.82) is 0 Å². The third kappa shape index (κ3) is 4.41. The van der Waals surface area contributed by atoms with Crippen LogP contribution >= 0.6 is 0 Å². The third-order valence-corrected chi connectivity index (χ3v) is 7.38. The highest BCUT2D eigenvalue weighted by atomic mass is 32.2. The number of benzene rings is 3. The maximum absolute atomic E-state index is 13.1. The van der Waals surface area contributed by atoms with Crippen molar-refractivity contribution < 1.29 is 18.1 Å². The van der Waals surface area contributed by atoms with Crippen molar-refractivity contribution in [3.8, 4) is 0 Å². The summed E-state index contributed by atoms with van der Waals surface area (Å²) in [5, 5.41) is 15.7. The van der Waals surface area contributed by atoms with Gasteiger partial charge in [0.25, 0.3) is 5.69 Å². The fourth-order valence-electron chi connectivity index (χ4n) is 3.72. The first-order chi connectivity index (χ1) is 15.4. The molecule has 166 valence electrons. The molecule has 1 aliphatic rings. The zero-order chi connectivity index (χ0) is 22.7. The number of hydrogen-bond acceptors (Lipinski definition) is 6. The minimum atomic E-state index is -3.67. The SMILES string of the molecule is O=C(CNc1ccccc1[N+](=O)[O-])N1CCN(S(=O)(=O)c2ccc3ccccc3c2)CC1. The summed E-state index contributed by atoms with van der Waals surface area (Å²) in [6, 6.07) is 18.7. The summed E-state index contributed by atoms with van der Waals surface area (Å²) < 4.78 is 27.5. The Balaban J connectivity index is 1.38. The summed E-state index contributed by atoms with van der Waals surface area (Å²) >= 11 is 0. The number of amides is 1. The van der Waals surface area contributed by atoms with Crippen molar-refractivity contribution >= 4 is 38.1 Å². The molecule has 1 aliphatic heterocycles. The molecule has 0 spiro atoms. The Hall–Kier alpha value is -3.50. The molecule has 1 N–H and O–H groups in total. The summed E-state index contributed by atoms with van der Waals surface area (Å²) in [7, 11) is -3.67. The minimum absolute atomic E-state index is 0.105. The van der Waals surface area contributed by atoms with E-state index in [-0.39, 0.29) is 54.9 Å². The number of nitro groups is 1. The van der Waals surface area contributed by atoms with E-state index in [9.17, 15) is 23.3 Å². The highest BCUT2D eigenvalue weighted by Gasteiger charge is 2.30. The number of hydrogen-bond donors (Lipinski definition) is 1. The normalized spacial score (nSPS) is 14.9. The second-order valence-corrected chi connectivity index (χ2v) is 9.36. The largest absolute Gasteiger partial charge is 0.371 e. The number of fused-ring (bicyclic) bond motifs is 1. The van der Waals surface area contributed by atoms with Gasteiger partial charge in [0.1, 0.15) is 5.69 Å². The smallest absolute Gasteiger partial charge is 0.292 e. The Morgan fingerprint density at radius 3 is 2.31 bits per heavy atom. The van der Waals surface area contributed by atoms with Gasteiger partial charge in [-0.15, -0.1) is 0 Å². The number of carbonyl (C=O) groups excluding carboxylic acids is 1. The first kappa shape index (κ1) is 21.7. The van der Waals surface area contributed by atoms with Gasteiger partial charge in [0.05, 0.1) is 16.4 Å². The Morgan fingerprint density at radius 1 is 0.938 bits per heavy atom. The summed E-state index contributed by atoms with van der Waals surface area (Å²) in [5.74, 6) is -0.245. The number of carbonyl (C=O) groups is 1. The van der Waals surface area contributed by atoms with Gasteiger partial charge in [0.15, 0.2) is 0 Å². The maximum Gasteiger partial charge on any atom is 0.292 e. The molecule has 1 saturated heterocycles. The van der Waals surface area contributed by atoms with Crippen molar-refractivity contribution in [2.75, 3.05) is 38.0 Å². The number of piperazine rings is 1. The summed E-state index contributed by atoms with van der Waals surface area (Å²) in [5.41, 5.74) is 0.162. The monoisotopic (exact) mass is 454 g/mol. The maximum atomic E-state index is 13.1. The molecule has 32 heavy (non-hydrogen) atoms. The lowest BCUT2D eigenvalue weighted by Crippen LogP contribution is -2.51. The van der Waals surface area contributed by atoms with Crippen molar-refractivity contribution in [1.82, 2.24) is 9.21 Å². The van der Waals surface area contributed by atoms with E-state index in [2.05, 4.69) is 5.32 Å². The van der Waals surface area contributed by atoms with Crippen LogP contribution in [0.4, 0.5) is 11.4 Å². The van der Waals surface area contributed by atoms with Gasteiger partial charge < -0.3 is 10.2 Å². The molecule has 0 saturated carbocycles. The van der Waals surface area contributed by atoms with Crippen LogP contribution in [-0.4, -0.2) is 61.2 Å². The predicted molar refractivity (Wildman–Crippen MR) is 121 cm³/mol. The highest BCUT2D eigenvalue weighted by Crippen LogP contribution is 2.24. The highest BCUT2D eigenvalue weighted by molar-refractivity contribution is 7.89. The van der Waals surface area contributed by atoms with Gasteiger partial charge in [0, 0.05) is 32.2 Å². The molecule has 4 rings (SSSR count). The fourth-order valence-corrected chi connectivity index (χ4v) is 5.18. The Bertz CT molecular complexity index is 1270. The summed E-state index contributed by atoms with van der Waals surface area (Å²) in [4.78, 5) is 24.9. The van der Waals surface area contributed by atoms with Gasteiger partial charge in [-0.2, -0.15) is 4.31 Å². The summed E-state index contributed by atoms with van der Waals surface area (Å²) in [6.45, 7) is 0.773. The second kappa shape index (κ2) is 8.93. The number of para-hydroxylation sites is 2. The molecule has 3 aromatic rings. The average molecular weight is 455 g/mol. The van der Waals surface area contributed by atoms with E-state index >= 15 is 0 Å². The van der Waals surface area contributed by atoms with Crippen molar-refractivity contribution in [3.63, 3.8) is 0 Å². The molecule has 0 aromatic heterocycles. The van der Waals surface area contributed by atoms with E-state index in [1.54, 1.807) is 41.3 Å². The van der Waals surface area contributed by atoms with Crippen LogP contribution in [0.25, 0.3) is 10.8 Å². The van der Waals surface area contributed by atoms with Crippen molar-refractivity contribution in [3.05, 3.63) is 76.8 Å². The molecular weight excluding hydrogens is 432 g/mol.